The predicted octanol–water partition coefficient (Wildman–Crippen LogP) is 3.26. The van der Waals surface area contributed by atoms with Gasteiger partial charge in [0.1, 0.15) is 5.82 Å². The van der Waals surface area contributed by atoms with E-state index < -0.39 is 0 Å². The van der Waals surface area contributed by atoms with Crippen molar-refractivity contribution in [3.8, 4) is 0 Å². The van der Waals surface area contributed by atoms with Gasteiger partial charge in [0.05, 0.1) is 12.3 Å². The Morgan fingerprint density at radius 3 is 2.78 bits per heavy atom. The van der Waals surface area contributed by atoms with Gasteiger partial charge in [0.15, 0.2) is 11.0 Å². The highest BCUT2D eigenvalue weighted by molar-refractivity contribution is 7.98. The molecule has 0 aliphatic heterocycles. The minimum atomic E-state index is 0.601. The van der Waals surface area contributed by atoms with E-state index in [0.717, 1.165) is 36.2 Å². The molecule has 0 fully saturated rings. The van der Waals surface area contributed by atoms with Gasteiger partial charge in [0, 0.05) is 6.42 Å². The van der Waals surface area contributed by atoms with Gasteiger partial charge in [-0.15, -0.1) is 10.2 Å². The molecular formula is C16H19N5OS. The lowest BCUT2D eigenvalue weighted by atomic mass is 10.2. The van der Waals surface area contributed by atoms with Gasteiger partial charge in [-0.25, -0.2) is 0 Å². The van der Waals surface area contributed by atoms with Crippen LogP contribution in [0.15, 0.2) is 40.0 Å². The summed E-state index contributed by atoms with van der Waals surface area (Å²) < 4.78 is 7.37. The number of aryl methyl sites for hydroxylation is 2. The van der Waals surface area contributed by atoms with Crippen LogP contribution < -0.4 is 0 Å². The first-order valence-corrected chi connectivity index (χ1v) is 8.63. The molecule has 0 spiro atoms. The Labute approximate surface area is 139 Å². The molecule has 2 aromatic heterocycles. The number of thioether (sulfide) groups is 1. The molecule has 23 heavy (non-hydrogen) atoms. The van der Waals surface area contributed by atoms with Crippen molar-refractivity contribution in [2.24, 2.45) is 0 Å². The van der Waals surface area contributed by atoms with Crippen LogP contribution in [0.3, 0.4) is 0 Å². The SMILES string of the molecule is CCCc1noc(CSc2nnc(C)n2Cc2ccccc2)n1. The second-order valence-corrected chi connectivity index (χ2v) is 6.19. The second kappa shape index (κ2) is 7.41. The Kier molecular flexibility index (Phi) is 5.07. The Bertz CT molecular complexity index is 753. The molecule has 0 N–H and O–H groups in total. The summed E-state index contributed by atoms with van der Waals surface area (Å²) in [5.74, 6) is 2.90. The van der Waals surface area contributed by atoms with E-state index >= 15 is 0 Å². The summed E-state index contributed by atoms with van der Waals surface area (Å²) in [5.41, 5.74) is 1.22. The van der Waals surface area contributed by atoms with Crippen LogP contribution in [-0.2, 0) is 18.7 Å². The van der Waals surface area contributed by atoms with Crippen molar-refractivity contribution >= 4 is 11.8 Å². The maximum Gasteiger partial charge on any atom is 0.237 e. The maximum atomic E-state index is 5.26. The molecule has 0 atom stereocenters. The van der Waals surface area contributed by atoms with Crippen molar-refractivity contribution < 1.29 is 4.52 Å². The smallest absolute Gasteiger partial charge is 0.237 e. The highest BCUT2D eigenvalue weighted by Gasteiger charge is 2.12. The first-order valence-electron chi connectivity index (χ1n) is 7.64. The Hall–Kier alpha value is -2.15. The zero-order chi connectivity index (χ0) is 16.1. The zero-order valence-corrected chi connectivity index (χ0v) is 14.1. The van der Waals surface area contributed by atoms with E-state index in [-0.39, 0.29) is 0 Å². The van der Waals surface area contributed by atoms with Crippen LogP contribution in [0.25, 0.3) is 0 Å². The van der Waals surface area contributed by atoms with E-state index in [1.54, 1.807) is 11.8 Å². The summed E-state index contributed by atoms with van der Waals surface area (Å²) >= 11 is 1.56. The number of aromatic nitrogens is 5. The third-order valence-corrected chi connectivity index (χ3v) is 4.35. The molecule has 0 radical (unpaired) electrons. The standard InChI is InChI=1S/C16H19N5OS/c1-3-7-14-17-15(22-20-14)11-23-16-19-18-12(2)21(16)10-13-8-5-4-6-9-13/h4-6,8-9H,3,7,10-11H2,1-2H3. The maximum absolute atomic E-state index is 5.26. The Morgan fingerprint density at radius 2 is 2.00 bits per heavy atom. The third kappa shape index (κ3) is 3.98. The predicted molar refractivity (Wildman–Crippen MR) is 88.2 cm³/mol. The summed E-state index contributed by atoms with van der Waals surface area (Å²) in [7, 11) is 0. The van der Waals surface area contributed by atoms with Crippen LogP contribution in [0.2, 0.25) is 0 Å². The molecule has 0 unspecified atom stereocenters. The van der Waals surface area contributed by atoms with Crippen molar-refractivity contribution in [2.45, 2.75) is 44.1 Å². The monoisotopic (exact) mass is 329 g/mol. The first kappa shape index (κ1) is 15.7. The van der Waals surface area contributed by atoms with Crippen molar-refractivity contribution in [3.63, 3.8) is 0 Å². The quantitative estimate of drug-likeness (QED) is 0.620. The number of hydrogen-bond donors (Lipinski definition) is 0. The van der Waals surface area contributed by atoms with E-state index in [1.165, 1.54) is 5.56 Å². The molecule has 0 aliphatic carbocycles. The van der Waals surface area contributed by atoms with Gasteiger partial charge < -0.3 is 9.09 Å². The molecule has 6 nitrogen and oxygen atoms in total. The zero-order valence-electron chi connectivity index (χ0n) is 13.3. The van der Waals surface area contributed by atoms with E-state index in [9.17, 15) is 0 Å². The summed E-state index contributed by atoms with van der Waals surface area (Å²) in [6, 6.07) is 10.3. The van der Waals surface area contributed by atoms with Gasteiger partial charge in [-0.1, -0.05) is 54.2 Å². The summed E-state index contributed by atoms with van der Waals surface area (Å²) in [4.78, 5) is 4.38. The van der Waals surface area contributed by atoms with E-state index in [4.69, 9.17) is 4.52 Å². The molecule has 3 aromatic rings. The van der Waals surface area contributed by atoms with E-state index in [0.29, 0.717) is 11.6 Å². The van der Waals surface area contributed by atoms with Gasteiger partial charge in [-0.3, -0.25) is 0 Å². The molecule has 2 heterocycles. The molecule has 0 bridgehead atoms. The fourth-order valence-electron chi connectivity index (χ4n) is 2.22. The van der Waals surface area contributed by atoms with Gasteiger partial charge in [0.2, 0.25) is 5.89 Å². The lowest BCUT2D eigenvalue weighted by Crippen LogP contribution is -2.03. The Morgan fingerprint density at radius 1 is 1.17 bits per heavy atom. The lowest BCUT2D eigenvalue weighted by molar-refractivity contribution is 0.384. The molecule has 1 aromatic carbocycles. The number of benzene rings is 1. The fourth-order valence-corrected chi connectivity index (χ4v) is 3.04. The van der Waals surface area contributed by atoms with E-state index in [2.05, 4.69) is 44.0 Å². The molecule has 120 valence electrons. The molecule has 0 aliphatic rings. The topological polar surface area (TPSA) is 69.6 Å². The molecule has 0 saturated carbocycles. The van der Waals surface area contributed by atoms with Gasteiger partial charge in [0.25, 0.3) is 0 Å². The van der Waals surface area contributed by atoms with Crippen LogP contribution in [0.1, 0.15) is 36.4 Å². The number of rotatable bonds is 7. The van der Waals surface area contributed by atoms with Gasteiger partial charge in [-0.2, -0.15) is 4.98 Å². The van der Waals surface area contributed by atoms with Gasteiger partial charge in [-0.05, 0) is 18.9 Å². The van der Waals surface area contributed by atoms with Crippen molar-refractivity contribution in [1.82, 2.24) is 24.9 Å². The fraction of sp³-hybridized carbons (Fsp3) is 0.375. The average Bonchev–Trinajstić information content (AvgIpc) is 3.15. The normalized spacial score (nSPS) is 11.0. The molecule has 7 heteroatoms. The largest absolute Gasteiger partial charge is 0.338 e. The summed E-state index contributed by atoms with van der Waals surface area (Å²) in [6.45, 7) is 4.82. The number of hydrogen-bond acceptors (Lipinski definition) is 6. The molecule has 3 rings (SSSR count). The first-order chi connectivity index (χ1) is 11.3. The summed E-state index contributed by atoms with van der Waals surface area (Å²) in [5, 5.41) is 13.3. The third-order valence-electron chi connectivity index (χ3n) is 3.39. The van der Waals surface area contributed by atoms with Gasteiger partial charge >= 0.3 is 0 Å². The van der Waals surface area contributed by atoms with Crippen molar-refractivity contribution in [2.75, 3.05) is 0 Å². The molecule has 0 saturated heterocycles. The highest BCUT2D eigenvalue weighted by Crippen LogP contribution is 2.22. The minimum absolute atomic E-state index is 0.601. The summed E-state index contributed by atoms with van der Waals surface area (Å²) in [6.07, 6.45) is 1.86. The van der Waals surface area contributed by atoms with Crippen LogP contribution >= 0.6 is 11.8 Å². The molecular weight excluding hydrogens is 310 g/mol. The van der Waals surface area contributed by atoms with Crippen LogP contribution in [0.4, 0.5) is 0 Å². The Balaban J connectivity index is 1.68. The van der Waals surface area contributed by atoms with E-state index in [1.807, 2.05) is 25.1 Å². The number of nitrogens with zero attached hydrogens (tertiary/aromatic N) is 5. The van der Waals surface area contributed by atoms with Crippen LogP contribution in [0, 0.1) is 6.92 Å². The average molecular weight is 329 g/mol. The minimum Gasteiger partial charge on any atom is -0.338 e. The second-order valence-electron chi connectivity index (χ2n) is 5.24. The molecule has 0 amide bonds. The van der Waals surface area contributed by atoms with Crippen LogP contribution in [0.5, 0.6) is 0 Å². The highest BCUT2D eigenvalue weighted by atomic mass is 32.2. The van der Waals surface area contributed by atoms with Crippen molar-refractivity contribution in [3.05, 3.63) is 53.4 Å². The lowest BCUT2D eigenvalue weighted by Gasteiger charge is -2.07. The van der Waals surface area contributed by atoms with Crippen LogP contribution in [-0.4, -0.2) is 24.9 Å². The van der Waals surface area contributed by atoms with Crippen molar-refractivity contribution in [1.29, 1.82) is 0 Å².